The van der Waals surface area contributed by atoms with Crippen molar-refractivity contribution in [3.63, 3.8) is 0 Å². The van der Waals surface area contributed by atoms with Crippen molar-refractivity contribution < 1.29 is 9.53 Å². The average molecular weight is 226 g/mol. The predicted molar refractivity (Wildman–Crippen MR) is 62.7 cm³/mol. The molecular weight excluding hydrogens is 204 g/mol. The van der Waals surface area contributed by atoms with Gasteiger partial charge in [-0.25, -0.2) is 0 Å². The fourth-order valence-corrected chi connectivity index (χ4v) is 1.27. The summed E-state index contributed by atoms with van der Waals surface area (Å²) in [7, 11) is 0. The molecule has 0 aliphatic carbocycles. The fourth-order valence-electron chi connectivity index (χ4n) is 1.27. The third-order valence-corrected chi connectivity index (χ3v) is 1.97. The zero-order valence-electron chi connectivity index (χ0n) is 10.7. The highest BCUT2D eigenvalue weighted by atomic mass is 16.5. The molecule has 0 fully saturated rings. The van der Waals surface area contributed by atoms with Gasteiger partial charge in [0.2, 0.25) is 5.91 Å². The summed E-state index contributed by atoms with van der Waals surface area (Å²) < 4.78 is 5.27. The second-order valence-corrected chi connectivity index (χ2v) is 4.50. The van der Waals surface area contributed by atoms with Crippen LogP contribution < -0.4 is 0 Å². The largest absolute Gasteiger partial charge is 0.369 e. The lowest BCUT2D eigenvalue weighted by Gasteiger charge is -2.24. The number of carbonyl (C=O) groups is 1. The highest BCUT2D eigenvalue weighted by molar-refractivity contribution is 5.77. The van der Waals surface area contributed by atoms with Gasteiger partial charge >= 0.3 is 0 Å². The first-order chi connectivity index (χ1) is 7.47. The van der Waals surface area contributed by atoms with Crippen LogP contribution in [0, 0.1) is 17.2 Å². The van der Waals surface area contributed by atoms with E-state index < -0.39 is 0 Å². The predicted octanol–water partition coefficient (Wildman–Crippen LogP) is 1.81. The van der Waals surface area contributed by atoms with Crippen LogP contribution in [0.1, 0.15) is 34.1 Å². The van der Waals surface area contributed by atoms with Crippen LogP contribution in [0.2, 0.25) is 0 Å². The lowest BCUT2D eigenvalue weighted by molar-refractivity contribution is -0.138. The molecular formula is C12H22N2O2. The van der Waals surface area contributed by atoms with Crippen molar-refractivity contribution in [1.29, 1.82) is 5.26 Å². The highest BCUT2D eigenvalue weighted by Crippen LogP contribution is 2.02. The summed E-state index contributed by atoms with van der Waals surface area (Å²) in [4.78, 5) is 13.5. The first-order valence-electron chi connectivity index (χ1n) is 5.73. The van der Waals surface area contributed by atoms with Crippen LogP contribution in [0.25, 0.3) is 0 Å². The van der Waals surface area contributed by atoms with Crippen molar-refractivity contribution >= 4 is 5.91 Å². The number of hydrogen-bond acceptors (Lipinski definition) is 3. The molecule has 0 N–H and O–H groups in total. The molecule has 0 atom stereocenters. The van der Waals surface area contributed by atoms with Crippen LogP contribution in [0.3, 0.4) is 0 Å². The summed E-state index contributed by atoms with van der Waals surface area (Å²) in [5, 5.41) is 8.53. The van der Waals surface area contributed by atoms with Gasteiger partial charge in [-0.1, -0.05) is 13.8 Å². The summed E-state index contributed by atoms with van der Waals surface area (Å²) in [5.74, 6) is 0.374. The van der Waals surface area contributed by atoms with Crippen molar-refractivity contribution in [3.05, 3.63) is 0 Å². The smallest absolute Gasteiger partial charge is 0.248 e. The van der Waals surface area contributed by atoms with Crippen LogP contribution in [-0.2, 0) is 9.53 Å². The van der Waals surface area contributed by atoms with E-state index in [1.165, 1.54) is 0 Å². The van der Waals surface area contributed by atoms with Crippen molar-refractivity contribution in [2.45, 2.75) is 40.2 Å². The molecule has 0 aromatic rings. The molecule has 0 radical (unpaired) electrons. The van der Waals surface area contributed by atoms with E-state index in [-0.39, 0.29) is 18.6 Å². The van der Waals surface area contributed by atoms with Crippen LogP contribution in [0.15, 0.2) is 0 Å². The minimum atomic E-state index is -0.0300. The molecule has 0 heterocycles. The van der Waals surface area contributed by atoms with Gasteiger partial charge in [-0.3, -0.25) is 4.79 Å². The quantitative estimate of drug-likeness (QED) is 0.665. The number of rotatable bonds is 7. The Balaban J connectivity index is 4.15. The van der Waals surface area contributed by atoms with Crippen molar-refractivity contribution in [3.8, 4) is 6.07 Å². The van der Waals surface area contributed by atoms with E-state index in [2.05, 4.69) is 19.9 Å². The van der Waals surface area contributed by atoms with Gasteiger partial charge in [-0.2, -0.15) is 5.26 Å². The van der Waals surface area contributed by atoms with Gasteiger partial charge < -0.3 is 9.64 Å². The molecule has 0 aliphatic heterocycles. The normalized spacial score (nSPS) is 10.6. The maximum atomic E-state index is 11.8. The van der Waals surface area contributed by atoms with E-state index in [4.69, 9.17) is 10.00 Å². The van der Waals surface area contributed by atoms with E-state index in [1.54, 1.807) is 4.90 Å². The number of amides is 1. The maximum absolute atomic E-state index is 11.8. The topological polar surface area (TPSA) is 53.3 Å². The average Bonchev–Trinajstić information content (AvgIpc) is 2.20. The molecule has 1 amide bonds. The summed E-state index contributed by atoms with van der Waals surface area (Å²) in [6.07, 6.45) is 0.431. The highest BCUT2D eigenvalue weighted by Gasteiger charge is 2.14. The molecule has 0 rings (SSSR count). The second-order valence-electron chi connectivity index (χ2n) is 4.50. The Kier molecular flexibility index (Phi) is 7.57. The summed E-state index contributed by atoms with van der Waals surface area (Å²) >= 11 is 0. The number of hydrogen-bond donors (Lipinski definition) is 0. The minimum absolute atomic E-state index is 0.0300. The number of nitriles is 1. The van der Waals surface area contributed by atoms with Gasteiger partial charge in [0.25, 0.3) is 0 Å². The Bertz CT molecular complexity index is 244. The zero-order chi connectivity index (χ0) is 12.6. The molecule has 0 aromatic heterocycles. The molecule has 92 valence electrons. The number of ether oxygens (including phenoxy) is 1. The zero-order valence-corrected chi connectivity index (χ0v) is 10.7. The second kappa shape index (κ2) is 8.12. The number of carbonyl (C=O) groups excluding carboxylic acids is 1. The Labute approximate surface area is 98.2 Å². The van der Waals surface area contributed by atoms with E-state index in [9.17, 15) is 4.79 Å². The van der Waals surface area contributed by atoms with Crippen molar-refractivity contribution in [2.75, 3.05) is 19.7 Å². The Hall–Kier alpha value is -1.08. The molecule has 0 aromatic carbocycles. The number of nitrogens with zero attached hydrogens (tertiary/aromatic N) is 2. The van der Waals surface area contributed by atoms with E-state index in [1.807, 2.05) is 13.8 Å². The molecule has 0 bridgehead atoms. The molecule has 16 heavy (non-hydrogen) atoms. The molecule has 4 nitrogen and oxygen atoms in total. The van der Waals surface area contributed by atoms with Crippen LogP contribution >= 0.6 is 0 Å². The molecule has 0 spiro atoms. The molecule has 0 unspecified atom stereocenters. The van der Waals surface area contributed by atoms with Crippen molar-refractivity contribution in [1.82, 2.24) is 4.90 Å². The van der Waals surface area contributed by atoms with E-state index >= 15 is 0 Å². The van der Waals surface area contributed by atoms with Gasteiger partial charge in [-0.15, -0.1) is 0 Å². The SMILES string of the molecule is CC(C)CN(CCC#N)C(=O)COC(C)C. The standard InChI is InChI=1S/C12H22N2O2/c1-10(2)8-14(7-5-6-13)12(15)9-16-11(3)4/h10-11H,5,7-9H2,1-4H3. The van der Waals surface area contributed by atoms with Crippen LogP contribution in [0.5, 0.6) is 0 Å². The Morgan fingerprint density at radius 3 is 2.44 bits per heavy atom. The lowest BCUT2D eigenvalue weighted by Crippen LogP contribution is -2.38. The molecule has 4 heteroatoms. The summed E-state index contributed by atoms with van der Waals surface area (Å²) in [6, 6.07) is 2.06. The lowest BCUT2D eigenvalue weighted by atomic mass is 10.2. The fraction of sp³-hybridized carbons (Fsp3) is 0.833. The van der Waals surface area contributed by atoms with Gasteiger partial charge in [0, 0.05) is 13.1 Å². The van der Waals surface area contributed by atoms with Crippen LogP contribution in [-0.4, -0.2) is 36.6 Å². The summed E-state index contributed by atoms with van der Waals surface area (Å²) in [5.41, 5.74) is 0. The molecule has 0 aliphatic rings. The first-order valence-corrected chi connectivity index (χ1v) is 5.73. The van der Waals surface area contributed by atoms with Gasteiger partial charge in [0.05, 0.1) is 18.6 Å². The van der Waals surface area contributed by atoms with E-state index in [0.29, 0.717) is 25.4 Å². The minimum Gasteiger partial charge on any atom is -0.369 e. The third-order valence-electron chi connectivity index (χ3n) is 1.97. The Morgan fingerprint density at radius 1 is 1.38 bits per heavy atom. The van der Waals surface area contributed by atoms with Gasteiger partial charge in [0.1, 0.15) is 6.61 Å². The monoisotopic (exact) mass is 226 g/mol. The molecule has 0 saturated carbocycles. The van der Waals surface area contributed by atoms with Crippen LogP contribution in [0.4, 0.5) is 0 Å². The Morgan fingerprint density at radius 2 is 2.00 bits per heavy atom. The first kappa shape index (κ1) is 14.9. The van der Waals surface area contributed by atoms with Gasteiger partial charge in [0.15, 0.2) is 0 Å². The molecule has 0 saturated heterocycles. The summed E-state index contributed by atoms with van der Waals surface area (Å²) in [6.45, 7) is 9.18. The van der Waals surface area contributed by atoms with Crippen molar-refractivity contribution in [2.24, 2.45) is 5.92 Å². The maximum Gasteiger partial charge on any atom is 0.248 e. The van der Waals surface area contributed by atoms with Gasteiger partial charge in [-0.05, 0) is 19.8 Å². The van der Waals surface area contributed by atoms with E-state index in [0.717, 1.165) is 0 Å². The third kappa shape index (κ3) is 7.24.